The van der Waals surface area contributed by atoms with Gasteiger partial charge in [-0.25, -0.2) is 13.8 Å². The van der Waals surface area contributed by atoms with E-state index in [0.717, 1.165) is 12.1 Å². The summed E-state index contributed by atoms with van der Waals surface area (Å²) in [5, 5.41) is 0. The molecular weight excluding hydrogens is 240 g/mol. The van der Waals surface area contributed by atoms with Crippen molar-refractivity contribution in [2.45, 2.75) is 18.4 Å². The second kappa shape index (κ2) is 4.00. The van der Waals surface area contributed by atoms with Crippen LogP contribution in [0.1, 0.15) is 18.7 Å². The minimum atomic E-state index is -0.904. The number of imidazole rings is 1. The Kier molecular flexibility index (Phi) is 2.57. The molecule has 1 aliphatic rings. The number of fused-ring (bicyclic) bond motifs is 1. The zero-order valence-electron chi connectivity index (χ0n) is 9.67. The number of halogens is 2. The summed E-state index contributed by atoms with van der Waals surface area (Å²) in [7, 11) is 0. The zero-order chi connectivity index (χ0) is 12.8. The van der Waals surface area contributed by atoms with Gasteiger partial charge >= 0.3 is 0 Å². The quantitative estimate of drug-likeness (QED) is 0.814. The molecule has 3 N–H and O–H groups in total. The van der Waals surface area contributed by atoms with Gasteiger partial charge in [0.25, 0.3) is 0 Å². The molecule has 0 spiro atoms. The monoisotopic (exact) mass is 253 g/mol. The molecule has 1 aromatic carbocycles. The summed E-state index contributed by atoms with van der Waals surface area (Å²) in [4.78, 5) is 7.24. The van der Waals surface area contributed by atoms with Crippen molar-refractivity contribution in [3.63, 3.8) is 0 Å². The van der Waals surface area contributed by atoms with Gasteiger partial charge in [0.05, 0.1) is 16.6 Å². The number of nitrogens with one attached hydrogen (secondary N) is 1. The average molecular weight is 253 g/mol. The maximum absolute atomic E-state index is 13.1. The summed E-state index contributed by atoms with van der Waals surface area (Å²) < 4.78 is 31.5. The summed E-state index contributed by atoms with van der Waals surface area (Å²) in [5.41, 5.74) is 6.50. The van der Waals surface area contributed by atoms with Crippen molar-refractivity contribution in [1.29, 1.82) is 0 Å². The van der Waals surface area contributed by atoms with Crippen LogP contribution in [0.25, 0.3) is 11.0 Å². The molecule has 1 saturated heterocycles. The minimum Gasteiger partial charge on any atom is -0.381 e. The van der Waals surface area contributed by atoms with E-state index < -0.39 is 17.2 Å². The number of benzene rings is 1. The van der Waals surface area contributed by atoms with E-state index in [1.165, 1.54) is 0 Å². The van der Waals surface area contributed by atoms with Crippen molar-refractivity contribution in [3.8, 4) is 0 Å². The van der Waals surface area contributed by atoms with Crippen LogP contribution in [-0.4, -0.2) is 23.2 Å². The smallest absolute Gasteiger partial charge is 0.161 e. The predicted octanol–water partition coefficient (Wildman–Crippen LogP) is 1.81. The molecule has 2 aromatic rings. The molecule has 1 fully saturated rings. The summed E-state index contributed by atoms with van der Waals surface area (Å²) >= 11 is 0. The van der Waals surface area contributed by atoms with Crippen molar-refractivity contribution < 1.29 is 13.5 Å². The van der Waals surface area contributed by atoms with Gasteiger partial charge in [0.15, 0.2) is 11.6 Å². The molecule has 18 heavy (non-hydrogen) atoms. The molecule has 0 radical (unpaired) electrons. The summed E-state index contributed by atoms with van der Waals surface area (Å²) in [6.45, 7) is 1.13. The van der Waals surface area contributed by atoms with E-state index in [4.69, 9.17) is 10.5 Å². The van der Waals surface area contributed by atoms with Gasteiger partial charge < -0.3 is 15.5 Å². The first-order valence-electron chi connectivity index (χ1n) is 5.80. The van der Waals surface area contributed by atoms with E-state index >= 15 is 0 Å². The maximum atomic E-state index is 13.1. The Morgan fingerprint density at radius 1 is 1.22 bits per heavy atom. The number of nitrogens with zero attached hydrogens (tertiary/aromatic N) is 1. The highest BCUT2D eigenvalue weighted by molar-refractivity contribution is 5.75. The summed E-state index contributed by atoms with van der Waals surface area (Å²) in [5.74, 6) is -1.24. The van der Waals surface area contributed by atoms with Gasteiger partial charge in [-0.05, 0) is 12.8 Å². The van der Waals surface area contributed by atoms with E-state index in [2.05, 4.69) is 9.97 Å². The third-order valence-electron chi connectivity index (χ3n) is 3.38. The molecule has 0 bridgehead atoms. The van der Waals surface area contributed by atoms with Crippen LogP contribution >= 0.6 is 0 Å². The fourth-order valence-electron chi connectivity index (χ4n) is 2.21. The molecule has 0 amide bonds. The molecule has 0 saturated carbocycles. The molecule has 2 heterocycles. The van der Waals surface area contributed by atoms with Crippen molar-refractivity contribution in [2.24, 2.45) is 5.73 Å². The van der Waals surface area contributed by atoms with E-state index in [1.54, 1.807) is 0 Å². The van der Waals surface area contributed by atoms with Crippen LogP contribution < -0.4 is 5.73 Å². The van der Waals surface area contributed by atoms with Gasteiger partial charge in [0.1, 0.15) is 5.82 Å². The molecular formula is C12H13F2N3O. The van der Waals surface area contributed by atoms with Crippen LogP contribution in [0.2, 0.25) is 0 Å². The van der Waals surface area contributed by atoms with Crippen LogP contribution in [0.3, 0.4) is 0 Å². The highest BCUT2D eigenvalue weighted by atomic mass is 19.2. The molecule has 4 nitrogen and oxygen atoms in total. The van der Waals surface area contributed by atoms with Gasteiger partial charge in [0, 0.05) is 25.3 Å². The average Bonchev–Trinajstić information content (AvgIpc) is 2.74. The molecule has 96 valence electrons. The fourth-order valence-corrected chi connectivity index (χ4v) is 2.21. The first kappa shape index (κ1) is 11.6. The van der Waals surface area contributed by atoms with Gasteiger partial charge in [-0.3, -0.25) is 0 Å². The van der Waals surface area contributed by atoms with Gasteiger partial charge in [-0.15, -0.1) is 0 Å². The van der Waals surface area contributed by atoms with Gasteiger partial charge in [-0.2, -0.15) is 0 Å². The summed E-state index contributed by atoms with van der Waals surface area (Å²) in [6, 6.07) is 2.18. The normalized spacial score (nSPS) is 19.3. The number of aromatic nitrogens is 2. The van der Waals surface area contributed by atoms with Crippen LogP contribution in [0, 0.1) is 11.6 Å². The largest absolute Gasteiger partial charge is 0.381 e. The molecule has 6 heteroatoms. The minimum absolute atomic E-state index is 0.389. The Labute approximate surface area is 102 Å². The number of hydrogen-bond donors (Lipinski definition) is 2. The number of hydrogen-bond acceptors (Lipinski definition) is 3. The van der Waals surface area contributed by atoms with Crippen LogP contribution in [0.5, 0.6) is 0 Å². The second-order valence-electron chi connectivity index (χ2n) is 4.64. The van der Waals surface area contributed by atoms with E-state index in [0.29, 0.717) is 42.9 Å². The van der Waals surface area contributed by atoms with Crippen molar-refractivity contribution >= 4 is 11.0 Å². The molecule has 3 rings (SSSR count). The molecule has 0 unspecified atom stereocenters. The number of H-pyrrole nitrogens is 1. The number of aromatic amines is 1. The lowest BCUT2D eigenvalue weighted by Gasteiger charge is -2.31. The number of rotatable bonds is 1. The van der Waals surface area contributed by atoms with Crippen molar-refractivity contribution in [1.82, 2.24) is 9.97 Å². The van der Waals surface area contributed by atoms with Crippen LogP contribution in [-0.2, 0) is 10.3 Å². The van der Waals surface area contributed by atoms with E-state index in [1.807, 2.05) is 0 Å². The number of nitrogens with two attached hydrogens (primary N) is 1. The molecule has 1 aromatic heterocycles. The highest BCUT2D eigenvalue weighted by Crippen LogP contribution is 2.29. The Morgan fingerprint density at radius 3 is 2.61 bits per heavy atom. The van der Waals surface area contributed by atoms with Crippen LogP contribution in [0.15, 0.2) is 12.1 Å². The molecule has 1 aliphatic heterocycles. The third-order valence-corrected chi connectivity index (χ3v) is 3.38. The van der Waals surface area contributed by atoms with Crippen molar-refractivity contribution in [2.75, 3.05) is 13.2 Å². The fraction of sp³-hybridized carbons (Fsp3) is 0.417. The maximum Gasteiger partial charge on any atom is 0.161 e. The standard InChI is InChI=1S/C12H13F2N3O/c13-7-5-9-10(6-8(7)14)17-11(16-9)12(15)1-3-18-4-2-12/h5-6H,1-4,15H2,(H,16,17). The first-order valence-corrected chi connectivity index (χ1v) is 5.80. The first-order chi connectivity index (χ1) is 8.58. The Morgan fingerprint density at radius 2 is 1.89 bits per heavy atom. The predicted molar refractivity (Wildman–Crippen MR) is 61.9 cm³/mol. The lowest BCUT2D eigenvalue weighted by atomic mass is 9.91. The lowest BCUT2D eigenvalue weighted by molar-refractivity contribution is 0.0496. The highest BCUT2D eigenvalue weighted by Gasteiger charge is 2.33. The second-order valence-corrected chi connectivity index (χ2v) is 4.64. The van der Waals surface area contributed by atoms with Gasteiger partial charge in [-0.1, -0.05) is 0 Å². The van der Waals surface area contributed by atoms with E-state index in [-0.39, 0.29) is 0 Å². The van der Waals surface area contributed by atoms with Crippen LogP contribution in [0.4, 0.5) is 8.78 Å². The SMILES string of the molecule is NC1(c2nc3cc(F)c(F)cc3[nH]2)CCOCC1. The Balaban J connectivity index is 2.07. The topological polar surface area (TPSA) is 63.9 Å². The molecule has 0 aliphatic carbocycles. The lowest BCUT2D eigenvalue weighted by Crippen LogP contribution is -2.43. The summed E-state index contributed by atoms with van der Waals surface area (Å²) in [6.07, 6.45) is 1.27. The van der Waals surface area contributed by atoms with Gasteiger partial charge in [0.2, 0.25) is 0 Å². The molecule has 0 atom stereocenters. The third kappa shape index (κ3) is 1.77. The number of ether oxygens (including phenoxy) is 1. The zero-order valence-corrected chi connectivity index (χ0v) is 9.67. The Bertz CT molecular complexity index is 551. The Hall–Kier alpha value is -1.53. The van der Waals surface area contributed by atoms with E-state index in [9.17, 15) is 8.78 Å². The van der Waals surface area contributed by atoms with Crippen molar-refractivity contribution in [3.05, 3.63) is 29.6 Å².